The Hall–Kier alpha value is -2.17. The Labute approximate surface area is 98.2 Å². The molecular formula is C12H12N2O3. The van der Waals surface area contributed by atoms with E-state index >= 15 is 0 Å². The summed E-state index contributed by atoms with van der Waals surface area (Å²) in [7, 11) is 0. The molecule has 1 aliphatic rings. The van der Waals surface area contributed by atoms with E-state index in [2.05, 4.69) is 10.6 Å². The smallest absolute Gasteiger partial charge is 0.251 e. The molecule has 1 heterocycles. The summed E-state index contributed by atoms with van der Waals surface area (Å²) in [6.07, 6.45) is 0.604. The molecule has 5 nitrogen and oxygen atoms in total. The van der Waals surface area contributed by atoms with E-state index in [0.29, 0.717) is 29.6 Å². The maximum absolute atomic E-state index is 11.6. The lowest BCUT2D eigenvalue weighted by Crippen LogP contribution is -2.22. The molecule has 2 rings (SSSR count). The van der Waals surface area contributed by atoms with Gasteiger partial charge in [0.05, 0.1) is 0 Å². The SMILES string of the molecule is CCNC(=O)c1ccc2c(c1)NC(=O)C2C=O. The molecule has 0 aliphatic carbocycles. The number of nitrogens with one attached hydrogen (secondary N) is 2. The van der Waals surface area contributed by atoms with Crippen molar-refractivity contribution in [3.05, 3.63) is 29.3 Å². The highest BCUT2D eigenvalue weighted by atomic mass is 16.2. The highest BCUT2D eigenvalue weighted by Crippen LogP contribution is 2.31. The van der Waals surface area contributed by atoms with Crippen LogP contribution < -0.4 is 10.6 Å². The minimum Gasteiger partial charge on any atom is -0.352 e. The molecule has 0 radical (unpaired) electrons. The second-order valence-corrected chi connectivity index (χ2v) is 3.76. The normalized spacial score (nSPS) is 17.2. The zero-order valence-electron chi connectivity index (χ0n) is 9.32. The van der Waals surface area contributed by atoms with E-state index < -0.39 is 5.92 Å². The zero-order valence-corrected chi connectivity index (χ0v) is 9.32. The van der Waals surface area contributed by atoms with E-state index in [1.807, 2.05) is 6.92 Å². The Kier molecular flexibility index (Phi) is 2.91. The van der Waals surface area contributed by atoms with Crippen molar-refractivity contribution in [3.63, 3.8) is 0 Å². The van der Waals surface area contributed by atoms with Crippen molar-refractivity contribution in [2.24, 2.45) is 0 Å². The lowest BCUT2D eigenvalue weighted by Gasteiger charge is -2.05. The fourth-order valence-corrected chi connectivity index (χ4v) is 1.83. The lowest BCUT2D eigenvalue weighted by atomic mass is 10.0. The summed E-state index contributed by atoms with van der Waals surface area (Å²) in [5.74, 6) is -1.30. The van der Waals surface area contributed by atoms with E-state index in [1.54, 1.807) is 18.2 Å². The van der Waals surface area contributed by atoms with Crippen molar-refractivity contribution >= 4 is 23.8 Å². The molecule has 0 aromatic heterocycles. The van der Waals surface area contributed by atoms with Crippen LogP contribution in [0.3, 0.4) is 0 Å². The van der Waals surface area contributed by atoms with Crippen molar-refractivity contribution in [3.8, 4) is 0 Å². The van der Waals surface area contributed by atoms with Gasteiger partial charge in [0, 0.05) is 17.8 Å². The standard InChI is InChI=1S/C12H12N2O3/c1-2-13-11(16)7-3-4-8-9(6-15)12(17)14-10(8)5-7/h3-6,9H,2H2,1H3,(H,13,16)(H,14,17). The fraction of sp³-hybridized carbons (Fsp3) is 0.250. The number of fused-ring (bicyclic) bond motifs is 1. The van der Waals surface area contributed by atoms with Crippen molar-refractivity contribution in [2.75, 3.05) is 11.9 Å². The summed E-state index contributed by atoms with van der Waals surface area (Å²) in [6, 6.07) is 4.83. The van der Waals surface area contributed by atoms with E-state index in [0.717, 1.165) is 0 Å². The molecule has 1 unspecified atom stereocenters. The van der Waals surface area contributed by atoms with Crippen LogP contribution in [0.2, 0.25) is 0 Å². The van der Waals surface area contributed by atoms with Gasteiger partial charge < -0.3 is 15.4 Å². The predicted molar refractivity (Wildman–Crippen MR) is 61.9 cm³/mol. The van der Waals surface area contributed by atoms with Crippen LogP contribution in [-0.2, 0) is 9.59 Å². The molecule has 88 valence electrons. The van der Waals surface area contributed by atoms with Crippen molar-refractivity contribution in [1.82, 2.24) is 5.32 Å². The van der Waals surface area contributed by atoms with Gasteiger partial charge in [0.1, 0.15) is 12.2 Å². The molecular weight excluding hydrogens is 220 g/mol. The number of hydrogen-bond donors (Lipinski definition) is 2. The Bertz CT molecular complexity index is 497. The van der Waals surface area contributed by atoms with Gasteiger partial charge in [-0.15, -0.1) is 0 Å². The second-order valence-electron chi connectivity index (χ2n) is 3.76. The van der Waals surface area contributed by atoms with E-state index in [4.69, 9.17) is 0 Å². The average Bonchev–Trinajstić information content (AvgIpc) is 2.63. The van der Waals surface area contributed by atoms with Crippen LogP contribution in [0.25, 0.3) is 0 Å². The number of hydrogen-bond acceptors (Lipinski definition) is 3. The molecule has 1 aromatic rings. The molecule has 1 atom stereocenters. The number of carbonyl (C=O) groups excluding carboxylic acids is 3. The molecule has 5 heteroatoms. The number of anilines is 1. The molecule has 0 spiro atoms. The first kappa shape index (κ1) is 11.3. The molecule has 2 amide bonds. The van der Waals surface area contributed by atoms with Gasteiger partial charge in [-0.3, -0.25) is 9.59 Å². The number of carbonyl (C=O) groups is 3. The summed E-state index contributed by atoms with van der Waals surface area (Å²) in [4.78, 5) is 33.8. The summed E-state index contributed by atoms with van der Waals surface area (Å²) in [5, 5.41) is 5.25. The van der Waals surface area contributed by atoms with Crippen LogP contribution in [0.5, 0.6) is 0 Å². The molecule has 0 bridgehead atoms. The van der Waals surface area contributed by atoms with Gasteiger partial charge in [-0.25, -0.2) is 0 Å². The third-order valence-corrected chi connectivity index (χ3v) is 2.66. The number of amides is 2. The molecule has 17 heavy (non-hydrogen) atoms. The van der Waals surface area contributed by atoms with E-state index in [9.17, 15) is 14.4 Å². The van der Waals surface area contributed by atoms with Crippen molar-refractivity contribution < 1.29 is 14.4 Å². The molecule has 1 aromatic carbocycles. The van der Waals surface area contributed by atoms with Crippen LogP contribution in [-0.4, -0.2) is 24.6 Å². The molecule has 2 N–H and O–H groups in total. The lowest BCUT2D eigenvalue weighted by molar-refractivity contribution is -0.121. The van der Waals surface area contributed by atoms with Crippen LogP contribution in [0.1, 0.15) is 28.8 Å². The monoisotopic (exact) mass is 232 g/mol. The molecule has 0 saturated heterocycles. The van der Waals surface area contributed by atoms with Gasteiger partial charge in [-0.1, -0.05) is 6.07 Å². The van der Waals surface area contributed by atoms with E-state index in [-0.39, 0.29) is 11.8 Å². The minimum absolute atomic E-state index is 0.195. The van der Waals surface area contributed by atoms with Crippen molar-refractivity contribution in [2.45, 2.75) is 12.8 Å². The minimum atomic E-state index is -0.756. The summed E-state index contributed by atoms with van der Waals surface area (Å²) >= 11 is 0. The van der Waals surface area contributed by atoms with Crippen molar-refractivity contribution in [1.29, 1.82) is 0 Å². The molecule has 0 saturated carbocycles. The van der Waals surface area contributed by atoms with Gasteiger partial charge >= 0.3 is 0 Å². The van der Waals surface area contributed by atoms with Gasteiger partial charge in [-0.05, 0) is 24.6 Å². The highest BCUT2D eigenvalue weighted by Gasteiger charge is 2.30. The number of benzene rings is 1. The van der Waals surface area contributed by atoms with Crippen LogP contribution in [0, 0.1) is 0 Å². The van der Waals surface area contributed by atoms with Crippen LogP contribution >= 0.6 is 0 Å². The number of rotatable bonds is 3. The van der Waals surface area contributed by atoms with E-state index in [1.165, 1.54) is 0 Å². The van der Waals surface area contributed by atoms with Gasteiger partial charge in [0.2, 0.25) is 5.91 Å². The third kappa shape index (κ3) is 1.91. The summed E-state index contributed by atoms with van der Waals surface area (Å²) in [5.41, 5.74) is 1.63. The Balaban J connectivity index is 2.34. The average molecular weight is 232 g/mol. The third-order valence-electron chi connectivity index (χ3n) is 2.66. The number of aldehydes is 1. The maximum atomic E-state index is 11.6. The first-order chi connectivity index (χ1) is 8.17. The topological polar surface area (TPSA) is 75.3 Å². The first-order valence-electron chi connectivity index (χ1n) is 5.35. The van der Waals surface area contributed by atoms with Gasteiger partial charge in [0.15, 0.2) is 0 Å². The largest absolute Gasteiger partial charge is 0.352 e. The maximum Gasteiger partial charge on any atom is 0.251 e. The Morgan fingerprint density at radius 3 is 2.94 bits per heavy atom. The summed E-state index contributed by atoms with van der Waals surface area (Å²) in [6.45, 7) is 2.37. The highest BCUT2D eigenvalue weighted by molar-refractivity contribution is 6.12. The fourth-order valence-electron chi connectivity index (χ4n) is 1.83. The zero-order chi connectivity index (χ0) is 12.4. The van der Waals surface area contributed by atoms with Gasteiger partial charge in [0.25, 0.3) is 5.91 Å². The first-order valence-corrected chi connectivity index (χ1v) is 5.35. The quantitative estimate of drug-likeness (QED) is 0.594. The molecule has 1 aliphatic heterocycles. The Morgan fingerprint density at radius 2 is 2.29 bits per heavy atom. The van der Waals surface area contributed by atoms with Crippen LogP contribution in [0.15, 0.2) is 18.2 Å². The Morgan fingerprint density at radius 1 is 1.53 bits per heavy atom. The summed E-state index contributed by atoms with van der Waals surface area (Å²) < 4.78 is 0. The van der Waals surface area contributed by atoms with Gasteiger partial charge in [-0.2, -0.15) is 0 Å². The van der Waals surface area contributed by atoms with Crippen LogP contribution in [0.4, 0.5) is 5.69 Å². The second kappa shape index (κ2) is 4.37. The molecule has 0 fully saturated rings. The predicted octanol–water partition coefficient (Wildman–Crippen LogP) is 0.671.